The summed E-state index contributed by atoms with van der Waals surface area (Å²) in [5.74, 6) is -0.747. The van der Waals surface area contributed by atoms with Gasteiger partial charge >= 0.3 is 6.09 Å². The molecule has 2 aliphatic rings. The van der Waals surface area contributed by atoms with Gasteiger partial charge in [0.05, 0.1) is 11.1 Å². The molecule has 0 radical (unpaired) electrons. The fourth-order valence-corrected chi connectivity index (χ4v) is 3.29. The minimum absolute atomic E-state index is 0.0259. The van der Waals surface area contributed by atoms with E-state index in [1.165, 1.54) is 9.80 Å². The van der Waals surface area contributed by atoms with Crippen molar-refractivity contribution in [1.82, 2.24) is 14.7 Å². The Labute approximate surface area is 164 Å². The number of fused-ring (bicyclic) bond motifs is 1. The van der Waals surface area contributed by atoms with Gasteiger partial charge in [0, 0.05) is 26.2 Å². The van der Waals surface area contributed by atoms with E-state index < -0.39 is 11.7 Å². The van der Waals surface area contributed by atoms with E-state index in [2.05, 4.69) is 0 Å². The average molecular weight is 387 g/mol. The first-order valence-corrected chi connectivity index (χ1v) is 9.38. The summed E-state index contributed by atoms with van der Waals surface area (Å²) in [7, 11) is 0. The molecular formula is C20H25N3O5. The second-order valence-corrected chi connectivity index (χ2v) is 7.94. The number of imide groups is 1. The summed E-state index contributed by atoms with van der Waals surface area (Å²) < 4.78 is 5.30. The first-order chi connectivity index (χ1) is 13.2. The van der Waals surface area contributed by atoms with Crippen LogP contribution in [-0.4, -0.2) is 76.8 Å². The second kappa shape index (κ2) is 7.61. The second-order valence-electron chi connectivity index (χ2n) is 7.94. The third kappa shape index (κ3) is 4.16. The van der Waals surface area contributed by atoms with Crippen LogP contribution in [0.3, 0.4) is 0 Å². The molecule has 2 heterocycles. The van der Waals surface area contributed by atoms with E-state index in [9.17, 15) is 19.2 Å². The van der Waals surface area contributed by atoms with Crippen molar-refractivity contribution in [2.75, 3.05) is 32.7 Å². The number of hydrogen-bond acceptors (Lipinski definition) is 5. The molecule has 8 nitrogen and oxygen atoms in total. The Morgan fingerprint density at radius 2 is 1.61 bits per heavy atom. The molecule has 150 valence electrons. The van der Waals surface area contributed by atoms with Crippen molar-refractivity contribution in [3.8, 4) is 0 Å². The van der Waals surface area contributed by atoms with E-state index in [0.29, 0.717) is 37.2 Å². The minimum atomic E-state index is -0.607. The summed E-state index contributed by atoms with van der Waals surface area (Å²) >= 11 is 0. The van der Waals surface area contributed by atoms with Crippen LogP contribution in [0.4, 0.5) is 4.79 Å². The van der Waals surface area contributed by atoms with Gasteiger partial charge in [-0.25, -0.2) is 4.79 Å². The van der Waals surface area contributed by atoms with E-state index in [1.807, 2.05) is 0 Å². The number of hydrogen-bond donors (Lipinski definition) is 0. The van der Waals surface area contributed by atoms with E-state index in [1.54, 1.807) is 49.9 Å². The molecule has 1 aromatic carbocycles. The predicted octanol–water partition coefficient (Wildman–Crippen LogP) is 1.75. The highest BCUT2D eigenvalue weighted by Gasteiger charge is 2.35. The summed E-state index contributed by atoms with van der Waals surface area (Å²) in [4.78, 5) is 53.4. The monoisotopic (exact) mass is 387 g/mol. The molecule has 0 aliphatic carbocycles. The van der Waals surface area contributed by atoms with Crippen LogP contribution in [-0.2, 0) is 9.53 Å². The summed E-state index contributed by atoms with van der Waals surface area (Å²) in [6, 6.07) is 6.76. The number of piperazine rings is 1. The van der Waals surface area contributed by atoms with Gasteiger partial charge in [-0.05, 0) is 39.3 Å². The van der Waals surface area contributed by atoms with Gasteiger partial charge in [-0.3, -0.25) is 24.2 Å². The summed E-state index contributed by atoms with van der Waals surface area (Å²) in [6.45, 7) is 6.79. The molecular weight excluding hydrogens is 362 g/mol. The van der Waals surface area contributed by atoms with E-state index in [4.69, 9.17) is 4.74 Å². The summed E-state index contributed by atoms with van der Waals surface area (Å²) in [5.41, 5.74) is 0.244. The normalized spacial score (nSPS) is 17.2. The van der Waals surface area contributed by atoms with Gasteiger partial charge in [-0.2, -0.15) is 0 Å². The van der Waals surface area contributed by atoms with Crippen LogP contribution in [0.5, 0.6) is 0 Å². The van der Waals surface area contributed by atoms with Crippen molar-refractivity contribution in [1.29, 1.82) is 0 Å². The Morgan fingerprint density at radius 3 is 2.14 bits per heavy atom. The van der Waals surface area contributed by atoms with Crippen LogP contribution < -0.4 is 0 Å². The number of rotatable bonds is 4. The molecule has 1 aromatic rings. The third-order valence-electron chi connectivity index (χ3n) is 4.66. The molecule has 28 heavy (non-hydrogen) atoms. The molecule has 0 aromatic heterocycles. The number of carbonyl (C=O) groups is 4. The van der Waals surface area contributed by atoms with Crippen LogP contribution in [0, 0.1) is 0 Å². The van der Waals surface area contributed by atoms with Gasteiger partial charge in [0.2, 0.25) is 5.91 Å². The Kier molecular flexibility index (Phi) is 5.40. The number of nitrogens with zero attached hydrogens (tertiary/aromatic N) is 3. The van der Waals surface area contributed by atoms with Crippen LogP contribution in [0.15, 0.2) is 24.3 Å². The SMILES string of the molecule is CC(C)(C)OC(=O)N1CCN(CCCN2C(=O)c3ccccc3C2=O)C(=O)C1. The van der Waals surface area contributed by atoms with Crippen molar-refractivity contribution in [2.24, 2.45) is 0 Å². The topological polar surface area (TPSA) is 87.2 Å². The molecule has 4 amide bonds. The maximum absolute atomic E-state index is 12.4. The average Bonchev–Trinajstić information content (AvgIpc) is 2.86. The molecule has 2 aliphatic heterocycles. The van der Waals surface area contributed by atoms with Gasteiger partial charge < -0.3 is 9.64 Å². The highest BCUT2D eigenvalue weighted by Crippen LogP contribution is 2.22. The highest BCUT2D eigenvalue weighted by molar-refractivity contribution is 6.21. The molecule has 0 unspecified atom stereocenters. The number of carbonyl (C=O) groups excluding carboxylic acids is 4. The standard InChI is InChI=1S/C20H25N3O5/c1-20(2,3)28-19(27)22-12-11-21(16(24)13-22)9-6-10-23-17(25)14-7-4-5-8-15(14)18(23)26/h4-5,7-8H,6,9-13H2,1-3H3. The molecule has 0 bridgehead atoms. The van der Waals surface area contributed by atoms with Crippen molar-refractivity contribution < 1.29 is 23.9 Å². The summed E-state index contributed by atoms with van der Waals surface area (Å²) in [5, 5.41) is 0. The fraction of sp³-hybridized carbons (Fsp3) is 0.500. The van der Waals surface area contributed by atoms with Crippen molar-refractivity contribution >= 4 is 23.8 Å². The number of ether oxygens (including phenoxy) is 1. The van der Waals surface area contributed by atoms with Gasteiger partial charge in [0.15, 0.2) is 0 Å². The zero-order chi connectivity index (χ0) is 20.5. The Hall–Kier alpha value is -2.90. The molecule has 0 spiro atoms. The zero-order valence-corrected chi connectivity index (χ0v) is 16.4. The molecule has 0 N–H and O–H groups in total. The Balaban J connectivity index is 1.48. The maximum Gasteiger partial charge on any atom is 0.410 e. The Bertz CT molecular complexity index is 779. The Morgan fingerprint density at radius 1 is 1.00 bits per heavy atom. The highest BCUT2D eigenvalue weighted by atomic mass is 16.6. The van der Waals surface area contributed by atoms with Crippen molar-refractivity contribution in [3.05, 3.63) is 35.4 Å². The molecule has 1 fully saturated rings. The smallest absolute Gasteiger partial charge is 0.410 e. The lowest BCUT2D eigenvalue weighted by atomic mass is 10.1. The molecule has 0 saturated carbocycles. The lowest BCUT2D eigenvalue weighted by Crippen LogP contribution is -2.53. The number of amides is 4. The van der Waals surface area contributed by atoms with Gasteiger partial charge in [0.25, 0.3) is 11.8 Å². The predicted molar refractivity (Wildman–Crippen MR) is 101 cm³/mol. The molecule has 0 atom stereocenters. The lowest BCUT2D eigenvalue weighted by molar-refractivity contribution is -0.135. The van der Waals surface area contributed by atoms with Gasteiger partial charge in [-0.1, -0.05) is 12.1 Å². The summed E-state index contributed by atoms with van der Waals surface area (Å²) in [6.07, 6.45) is -0.00423. The largest absolute Gasteiger partial charge is 0.444 e. The van der Waals surface area contributed by atoms with Crippen LogP contribution >= 0.6 is 0 Å². The first-order valence-electron chi connectivity index (χ1n) is 9.38. The van der Waals surface area contributed by atoms with E-state index in [-0.39, 0.29) is 30.8 Å². The van der Waals surface area contributed by atoms with Crippen LogP contribution in [0.25, 0.3) is 0 Å². The van der Waals surface area contributed by atoms with E-state index >= 15 is 0 Å². The minimum Gasteiger partial charge on any atom is -0.444 e. The molecule has 1 saturated heterocycles. The van der Waals surface area contributed by atoms with E-state index in [0.717, 1.165) is 0 Å². The van der Waals surface area contributed by atoms with Crippen LogP contribution in [0.1, 0.15) is 47.9 Å². The van der Waals surface area contributed by atoms with Gasteiger partial charge in [0.1, 0.15) is 12.1 Å². The van der Waals surface area contributed by atoms with Crippen molar-refractivity contribution in [2.45, 2.75) is 32.8 Å². The van der Waals surface area contributed by atoms with Crippen LogP contribution in [0.2, 0.25) is 0 Å². The molecule has 8 heteroatoms. The molecule has 3 rings (SSSR count). The maximum atomic E-state index is 12.4. The zero-order valence-electron chi connectivity index (χ0n) is 16.4. The quantitative estimate of drug-likeness (QED) is 0.735. The number of benzene rings is 1. The van der Waals surface area contributed by atoms with Crippen molar-refractivity contribution in [3.63, 3.8) is 0 Å². The third-order valence-corrected chi connectivity index (χ3v) is 4.66. The van der Waals surface area contributed by atoms with Gasteiger partial charge in [-0.15, -0.1) is 0 Å². The first kappa shape index (κ1) is 19.9. The lowest BCUT2D eigenvalue weighted by Gasteiger charge is -2.35. The fourth-order valence-electron chi connectivity index (χ4n) is 3.29.